The SMILES string of the molecule is CC1C(=O)N[C@@H](CCS(C)(=O)=O)C(=O)N[C@@H](Cc2c[nH]c3ccccc23)C(=O)N[C@@H](Cc2cccc(Cl)c2)C(=O)N(C)[C@@H](Cc2ccccc2)C(=O)N[C@@](N)([C@@H](C)O)C(=O)N[C@@H](Cc2cccc(Cl)c2)C(=O)N[C@H](C(=O)N2CCC[C@H]2C(=O)O)CC(=O)N[C@@H](C)C(=O)N[C@@H]([C@@H](C)O)C(=O)N[C@@H](Cc2cccc(Cl)c2)C(=O)N1C. The second-order valence-electron chi connectivity index (χ2n) is 28.4. The molecule has 12 amide bonds. The molecular weight excluding hydrogens is 1550 g/mol. The number of halogens is 3. The number of hydrogen-bond acceptors (Lipinski definition) is 18. The number of likely N-dealkylation sites (N-methyl/N-ethyl adjacent to an activating group) is 2. The lowest BCUT2D eigenvalue weighted by molar-refractivity contribution is -0.150. The molecule has 3 heterocycles. The number of aliphatic hydroxyl groups excluding tert-OH is 2. The van der Waals surface area contributed by atoms with Crippen molar-refractivity contribution in [1.82, 2.24) is 67.5 Å². The van der Waals surface area contributed by atoms with E-state index in [9.17, 15) is 57.3 Å². The number of aliphatic carboxylic acids is 1. The zero-order valence-electron chi connectivity index (χ0n) is 62.9. The van der Waals surface area contributed by atoms with Crippen molar-refractivity contribution in [2.24, 2.45) is 5.73 Å². The molecule has 0 aliphatic carbocycles. The van der Waals surface area contributed by atoms with Gasteiger partial charge in [0.25, 0.3) is 5.91 Å². The van der Waals surface area contributed by atoms with E-state index in [1.54, 1.807) is 91.1 Å². The molecule has 0 saturated carbocycles. The molecule has 0 spiro atoms. The first-order valence-corrected chi connectivity index (χ1v) is 39.5. The van der Waals surface area contributed by atoms with Crippen LogP contribution in [0.15, 0.2) is 134 Å². The van der Waals surface area contributed by atoms with E-state index in [0.717, 1.165) is 41.7 Å². The number of aromatic nitrogens is 1. The number of nitrogens with zero attached hydrogens (tertiary/aromatic N) is 3. The summed E-state index contributed by atoms with van der Waals surface area (Å²) in [7, 11) is -1.56. The monoisotopic (exact) mass is 1640 g/mol. The van der Waals surface area contributed by atoms with Crippen molar-refractivity contribution in [3.8, 4) is 0 Å². The van der Waals surface area contributed by atoms with Gasteiger partial charge in [-0.15, -0.1) is 0 Å². The number of aliphatic hydroxyl groups is 2. The number of carboxylic acid groups (broad SMARTS) is 1. The van der Waals surface area contributed by atoms with Crippen LogP contribution in [0.4, 0.5) is 0 Å². The maximum absolute atomic E-state index is 15.8. The molecule has 1 unspecified atom stereocenters. The molecule has 0 bridgehead atoms. The fraction of sp³-hybridized carbons (Fsp3) is 0.416. The zero-order chi connectivity index (χ0) is 82.9. The summed E-state index contributed by atoms with van der Waals surface area (Å²) < 4.78 is 25.9. The minimum Gasteiger partial charge on any atom is -0.480 e. The molecule has 2 aliphatic heterocycles. The molecule has 2 saturated heterocycles. The Kier molecular flexibility index (Phi) is 30.6. The third-order valence-corrected chi connectivity index (χ3v) is 21.4. The van der Waals surface area contributed by atoms with Crippen LogP contribution in [0, 0.1) is 0 Å². The molecule has 2 aliphatic rings. The summed E-state index contributed by atoms with van der Waals surface area (Å²) in [4.78, 5) is 198. The average molecular weight is 1640 g/mol. The lowest BCUT2D eigenvalue weighted by Gasteiger charge is -2.37. The van der Waals surface area contributed by atoms with E-state index in [-0.39, 0.29) is 65.7 Å². The van der Waals surface area contributed by atoms with E-state index >= 15 is 28.8 Å². The Balaban J connectivity index is 1.26. The zero-order valence-corrected chi connectivity index (χ0v) is 66.0. The van der Waals surface area contributed by atoms with Gasteiger partial charge in [0.15, 0.2) is 5.66 Å². The quantitative estimate of drug-likeness (QED) is 0.0596. The first kappa shape index (κ1) is 88.0. The van der Waals surface area contributed by atoms with E-state index in [1.807, 2.05) is 0 Å². The number of para-hydroxylation sites is 1. The molecule has 15 N–H and O–H groups in total. The second kappa shape index (κ2) is 39.3. The van der Waals surface area contributed by atoms with Gasteiger partial charge in [-0.3, -0.25) is 63.3 Å². The van der Waals surface area contributed by atoms with Gasteiger partial charge in [0, 0.05) is 91.2 Å². The van der Waals surface area contributed by atoms with Crippen LogP contribution < -0.4 is 53.6 Å². The Bertz CT molecular complexity index is 4650. The number of carboxylic acids is 1. The van der Waals surface area contributed by atoms with Crippen molar-refractivity contribution in [2.75, 3.05) is 32.6 Å². The third kappa shape index (κ3) is 24.0. The van der Waals surface area contributed by atoms with E-state index in [2.05, 4.69) is 52.8 Å². The number of carbonyl (C=O) groups is 13. The van der Waals surface area contributed by atoms with Crippen LogP contribution in [-0.4, -0.2) is 237 Å². The normalized spacial score (nSPS) is 25.1. The Morgan fingerprint density at radius 2 is 1.08 bits per heavy atom. The average Bonchev–Trinajstić information content (AvgIpc) is 1.54. The standard InChI is InChI=1S/C77H93Cl3N14O18S/c1-41-65(98)90-64(43(3)95)71(104)88-58(35-47-20-14-23-51(79)32-47)72(105)92(5)42(2)66(99)84-55(28-30-113(7,111)112)67(100)85-57(38-49-40-82-54-26-12-11-25-53(49)54)69(102)86-59(36-48-21-15-24-52(80)33-48)73(106)93(6)62(37-45-17-9-8-10-18-45)70(103)91-77(81,44(4)96)76(110)89-56(34-46-19-13-22-50(78)31-46)68(101)87-60(39-63(97)83-41)74(107)94-29-16-27-61(94)75(108)109/h8-15,17-26,31-33,40-44,55-62,64,82,95-96H,16,27-30,34-39,81H2,1-7H3,(H,83,97)(H,84,99)(H,85,100)(H,86,102)(H,87,101)(H,88,104)(H,89,110)(H,90,98)(H,91,103)(H,108,109)/t41-,42?,43+,44+,55-,56-,57-,58-,59-,60-,61-,62-,64-,77-/m0/s1. The lowest BCUT2D eigenvalue weighted by atomic mass is 9.97. The van der Waals surface area contributed by atoms with E-state index in [1.165, 1.54) is 63.5 Å². The summed E-state index contributed by atoms with van der Waals surface area (Å²) in [5.74, 6) is -15.8. The van der Waals surface area contributed by atoms with Gasteiger partial charge in [-0.05, 0) is 117 Å². The molecule has 6 aromatic rings. The van der Waals surface area contributed by atoms with Crippen LogP contribution in [0.25, 0.3) is 10.9 Å². The summed E-state index contributed by atoms with van der Waals surface area (Å²) >= 11 is 19.3. The maximum Gasteiger partial charge on any atom is 0.326 e. The lowest BCUT2D eigenvalue weighted by Crippen LogP contribution is -2.74. The molecule has 14 atom stereocenters. The molecular formula is C77H93Cl3N14O18S. The van der Waals surface area contributed by atoms with Gasteiger partial charge >= 0.3 is 5.97 Å². The summed E-state index contributed by atoms with van der Waals surface area (Å²) in [5.41, 5.74) is 6.31. The molecule has 36 heteroatoms. The molecule has 8 rings (SSSR count). The number of fused-ring (bicyclic) bond motifs is 1. The summed E-state index contributed by atoms with van der Waals surface area (Å²) in [6.45, 7) is 4.37. The van der Waals surface area contributed by atoms with Gasteiger partial charge in [0.2, 0.25) is 65.0 Å². The number of likely N-dealkylation sites (tertiary alicyclic amines) is 1. The van der Waals surface area contributed by atoms with Gasteiger partial charge < -0.3 is 82.9 Å². The fourth-order valence-electron chi connectivity index (χ4n) is 13.1. The van der Waals surface area contributed by atoms with Crippen LogP contribution in [0.5, 0.6) is 0 Å². The largest absolute Gasteiger partial charge is 0.480 e. The first-order chi connectivity index (χ1) is 53.3. The fourth-order valence-corrected chi connectivity index (χ4v) is 14.4. The van der Waals surface area contributed by atoms with Gasteiger partial charge in [0.1, 0.15) is 76.3 Å². The van der Waals surface area contributed by atoms with Crippen molar-refractivity contribution < 1.29 is 86.1 Å². The van der Waals surface area contributed by atoms with Crippen LogP contribution >= 0.6 is 34.8 Å². The Labute approximate surface area is 667 Å². The predicted octanol–water partition coefficient (Wildman–Crippen LogP) is 0.660. The Morgan fingerprint density at radius 3 is 1.64 bits per heavy atom. The number of nitrogens with one attached hydrogen (secondary N) is 10. The Hall–Kier alpha value is -10.6. The Morgan fingerprint density at radius 1 is 0.575 bits per heavy atom. The smallest absolute Gasteiger partial charge is 0.326 e. The minimum atomic E-state index is -3.94. The molecule has 32 nitrogen and oxygen atoms in total. The van der Waals surface area contributed by atoms with Gasteiger partial charge in [-0.1, -0.05) is 120 Å². The number of nitrogens with two attached hydrogens (primary N) is 1. The van der Waals surface area contributed by atoms with E-state index < -0.39 is 196 Å². The van der Waals surface area contributed by atoms with Gasteiger partial charge in [-0.2, -0.15) is 0 Å². The minimum absolute atomic E-state index is 0.0374. The number of sulfone groups is 1. The highest BCUT2D eigenvalue weighted by Gasteiger charge is 2.47. The molecule has 606 valence electrons. The molecule has 2 fully saturated rings. The van der Waals surface area contributed by atoms with Crippen molar-refractivity contribution in [2.45, 2.75) is 170 Å². The maximum atomic E-state index is 15.8. The van der Waals surface area contributed by atoms with Crippen molar-refractivity contribution >= 4 is 132 Å². The highest BCUT2D eigenvalue weighted by atomic mass is 35.5. The summed E-state index contributed by atoms with van der Waals surface area (Å²) in [5, 5.41) is 56.7. The number of rotatable bonds is 17. The number of benzene rings is 5. The second-order valence-corrected chi connectivity index (χ2v) is 31.9. The van der Waals surface area contributed by atoms with E-state index in [4.69, 9.17) is 40.5 Å². The number of carbonyl (C=O) groups excluding carboxylic acids is 12. The third-order valence-electron chi connectivity index (χ3n) is 19.7. The predicted molar refractivity (Wildman–Crippen MR) is 417 cm³/mol. The number of aromatic amines is 1. The van der Waals surface area contributed by atoms with Gasteiger partial charge in [-0.25, -0.2) is 13.2 Å². The number of amides is 12. The first-order valence-electron chi connectivity index (χ1n) is 36.3. The van der Waals surface area contributed by atoms with Crippen LogP contribution in [0.1, 0.15) is 81.2 Å². The topological polar surface area (TPSA) is 477 Å². The molecule has 0 radical (unpaired) electrons. The number of hydrogen-bond donors (Lipinski definition) is 14. The van der Waals surface area contributed by atoms with E-state index in [0.29, 0.717) is 33.2 Å². The van der Waals surface area contributed by atoms with Crippen LogP contribution in [0.3, 0.4) is 0 Å². The van der Waals surface area contributed by atoms with Crippen molar-refractivity contribution in [3.05, 3.63) is 176 Å². The molecule has 113 heavy (non-hydrogen) atoms. The summed E-state index contributed by atoms with van der Waals surface area (Å²) in [6.07, 6.45) is -4.86. The highest BCUT2D eigenvalue weighted by Crippen LogP contribution is 2.25. The van der Waals surface area contributed by atoms with Crippen molar-refractivity contribution in [1.29, 1.82) is 0 Å². The molecule has 1 aromatic heterocycles. The van der Waals surface area contributed by atoms with Crippen molar-refractivity contribution in [3.63, 3.8) is 0 Å². The van der Waals surface area contributed by atoms with Crippen LogP contribution in [-0.2, 0) is 104 Å². The number of H-pyrrole nitrogens is 1. The van der Waals surface area contributed by atoms with Crippen LogP contribution in [0.2, 0.25) is 15.1 Å². The van der Waals surface area contributed by atoms with Gasteiger partial charge in [0.05, 0.1) is 24.4 Å². The molecule has 5 aromatic carbocycles. The highest BCUT2D eigenvalue weighted by molar-refractivity contribution is 7.90. The summed E-state index contributed by atoms with van der Waals surface area (Å²) in [6, 6.07) is 14.2.